The molecule has 0 aliphatic rings. The molecule has 0 spiro atoms. The molecular formula is C22H27N3O3. The first-order valence-electron chi connectivity index (χ1n) is 9.49. The van der Waals surface area contributed by atoms with Gasteiger partial charge < -0.3 is 19.4 Å². The number of para-hydroxylation sites is 3. The van der Waals surface area contributed by atoms with Gasteiger partial charge in [0.15, 0.2) is 0 Å². The summed E-state index contributed by atoms with van der Waals surface area (Å²) in [6, 6.07) is 14.2. The summed E-state index contributed by atoms with van der Waals surface area (Å²) >= 11 is 0. The molecule has 0 saturated carbocycles. The Hall–Kier alpha value is -2.86. The molecule has 0 unspecified atom stereocenters. The fourth-order valence-corrected chi connectivity index (χ4v) is 3.29. The SMILES string of the molecule is COCC(=O)NCc1nc2ccccc2n1CCCOc1c(C)cccc1C. The summed E-state index contributed by atoms with van der Waals surface area (Å²) in [6.07, 6.45) is 0.840. The Bertz CT molecular complexity index is 929. The third kappa shape index (κ3) is 4.70. The van der Waals surface area contributed by atoms with Gasteiger partial charge in [-0.2, -0.15) is 0 Å². The number of aryl methyl sites for hydroxylation is 3. The van der Waals surface area contributed by atoms with Crippen LogP contribution in [0.1, 0.15) is 23.4 Å². The molecule has 6 heteroatoms. The first kappa shape index (κ1) is 19.9. The number of amides is 1. The Balaban J connectivity index is 1.67. The molecule has 0 bridgehead atoms. The highest BCUT2D eigenvalue weighted by Gasteiger charge is 2.12. The highest BCUT2D eigenvalue weighted by atomic mass is 16.5. The number of nitrogens with zero attached hydrogens (tertiary/aromatic N) is 2. The molecule has 28 heavy (non-hydrogen) atoms. The van der Waals surface area contributed by atoms with E-state index in [4.69, 9.17) is 9.47 Å². The average molecular weight is 381 g/mol. The Morgan fingerprint density at radius 3 is 2.61 bits per heavy atom. The van der Waals surface area contributed by atoms with Crippen molar-refractivity contribution in [3.8, 4) is 5.75 Å². The largest absolute Gasteiger partial charge is 0.493 e. The predicted octanol–water partition coefficient (Wildman–Crippen LogP) is 3.38. The second-order valence-electron chi connectivity index (χ2n) is 6.80. The van der Waals surface area contributed by atoms with Gasteiger partial charge in [-0.05, 0) is 43.5 Å². The van der Waals surface area contributed by atoms with Crippen molar-refractivity contribution in [1.82, 2.24) is 14.9 Å². The lowest BCUT2D eigenvalue weighted by Gasteiger charge is -2.13. The Morgan fingerprint density at radius 2 is 1.86 bits per heavy atom. The number of nitrogens with one attached hydrogen (secondary N) is 1. The van der Waals surface area contributed by atoms with Gasteiger partial charge in [-0.1, -0.05) is 30.3 Å². The van der Waals surface area contributed by atoms with E-state index in [0.29, 0.717) is 13.2 Å². The lowest BCUT2D eigenvalue weighted by molar-refractivity contribution is -0.124. The van der Waals surface area contributed by atoms with Crippen molar-refractivity contribution in [2.45, 2.75) is 33.4 Å². The van der Waals surface area contributed by atoms with Gasteiger partial charge in [0.05, 0.1) is 24.2 Å². The summed E-state index contributed by atoms with van der Waals surface area (Å²) < 4.78 is 13.0. The minimum Gasteiger partial charge on any atom is -0.493 e. The maximum atomic E-state index is 11.7. The van der Waals surface area contributed by atoms with Gasteiger partial charge in [0.25, 0.3) is 0 Å². The first-order valence-corrected chi connectivity index (χ1v) is 9.49. The van der Waals surface area contributed by atoms with Gasteiger partial charge in [0, 0.05) is 13.7 Å². The number of carbonyl (C=O) groups is 1. The Labute approximate surface area is 165 Å². The van der Waals surface area contributed by atoms with E-state index in [1.54, 1.807) is 0 Å². The van der Waals surface area contributed by atoms with E-state index in [-0.39, 0.29) is 12.5 Å². The lowest BCUT2D eigenvalue weighted by Crippen LogP contribution is -2.28. The normalized spacial score (nSPS) is 11.0. The van der Waals surface area contributed by atoms with Crippen molar-refractivity contribution in [1.29, 1.82) is 0 Å². The van der Waals surface area contributed by atoms with Crippen molar-refractivity contribution >= 4 is 16.9 Å². The van der Waals surface area contributed by atoms with Gasteiger partial charge in [-0.25, -0.2) is 4.98 Å². The van der Waals surface area contributed by atoms with Crippen LogP contribution in [0.4, 0.5) is 0 Å². The van der Waals surface area contributed by atoms with E-state index in [1.165, 1.54) is 7.11 Å². The van der Waals surface area contributed by atoms with Crippen LogP contribution in [0, 0.1) is 13.8 Å². The summed E-state index contributed by atoms with van der Waals surface area (Å²) in [4.78, 5) is 16.4. The molecule has 2 aromatic carbocycles. The summed E-state index contributed by atoms with van der Waals surface area (Å²) in [7, 11) is 1.50. The zero-order valence-corrected chi connectivity index (χ0v) is 16.7. The second kappa shape index (κ2) is 9.37. The highest BCUT2D eigenvalue weighted by Crippen LogP contribution is 2.23. The first-order chi connectivity index (χ1) is 13.6. The quantitative estimate of drug-likeness (QED) is 0.577. The number of ether oxygens (including phenoxy) is 2. The standard InChI is InChI=1S/C22H27N3O3/c1-16-8-6-9-17(2)22(16)28-13-7-12-25-19-11-5-4-10-18(19)24-20(25)14-23-21(26)15-27-3/h4-6,8-11H,7,12-15H2,1-3H3,(H,23,26). The molecular weight excluding hydrogens is 354 g/mol. The summed E-state index contributed by atoms with van der Waals surface area (Å²) in [6.45, 7) is 5.92. The van der Waals surface area contributed by atoms with Gasteiger partial charge in [-0.15, -0.1) is 0 Å². The van der Waals surface area contributed by atoms with E-state index in [0.717, 1.165) is 46.7 Å². The van der Waals surface area contributed by atoms with Crippen molar-refractivity contribution in [2.75, 3.05) is 20.3 Å². The van der Waals surface area contributed by atoms with E-state index < -0.39 is 0 Å². The van der Waals surface area contributed by atoms with E-state index in [1.807, 2.05) is 24.3 Å². The number of imidazole rings is 1. The number of hydrogen-bond acceptors (Lipinski definition) is 4. The van der Waals surface area contributed by atoms with E-state index >= 15 is 0 Å². The minimum atomic E-state index is -0.153. The molecule has 148 valence electrons. The van der Waals surface area contributed by atoms with Crippen molar-refractivity contribution in [2.24, 2.45) is 0 Å². The average Bonchev–Trinajstić information content (AvgIpc) is 3.03. The second-order valence-corrected chi connectivity index (χ2v) is 6.80. The fourth-order valence-electron chi connectivity index (χ4n) is 3.29. The number of rotatable bonds is 9. The maximum absolute atomic E-state index is 11.7. The smallest absolute Gasteiger partial charge is 0.246 e. The van der Waals surface area contributed by atoms with Crippen LogP contribution in [0.25, 0.3) is 11.0 Å². The molecule has 1 heterocycles. The molecule has 0 saturated heterocycles. The van der Waals surface area contributed by atoms with Crippen LogP contribution in [-0.4, -0.2) is 35.8 Å². The van der Waals surface area contributed by atoms with Gasteiger partial charge in [-0.3, -0.25) is 4.79 Å². The van der Waals surface area contributed by atoms with E-state index in [2.05, 4.69) is 46.9 Å². The Morgan fingerprint density at radius 1 is 1.11 bits per heavy atom. The summed E-state index contributed by atoms with van der Waals surface area (Å²) in [5, 5.41) is 2.85. The molecule has 0 aliphatic carbocycles. The number of aromatic nitrogens is 2. The maximum Gasteiger partial charge on any atom is 0.246 e. The van der Waals surface area contributed by atoms with Crippen LogP contribution < -0.4 is 10.1 Å². The van der Waals surface area contributed by atoms with Crippen LogP contribution in [0.5, 0.6) is 5.75 Å². The van der Waals surface area contributed by atoms with Gasteiger partial charge in [0.2, 0.25) is 5.91 Å². The molecule has 1 N–H and O–H groups in total. The molecule has 1 amide bonds. The van der Waals surface area contributed by atoms with Crippen molar-refractivity contribution in [3.63, 3.8) is 0 Å². The molecule has 1 aromatic heterocycles. The molecule has 3 rings (SSSR count). The molecule has 0 atom stereocenters. The fraction of sp³-hybridized carbons (Fsp3) is 0.364. The monoisotopic (exact) mass is 381 g/mol. The van der Waals surface area contributed by atoms with E-state index in [9.17, 15) is 4.79 Å². The molecule has 0 fully saturated rings. The molecule has 3 aromatic rings. The summed E-state index contributed by atoms with van der Waals surface area (Å²) in [5.41, 5.74) is 4.28. The lowest BCUT2D eigenvalue weighted by atomic mass is 10.1. The number of methoxy groups -OCH3 is 1. The number of carbonyl (C=O) groups excluding carboxylic acids is 1. The molecule has 0 aliphatic heterocycles. The van der Waals surface area contributed by atoms with Crippen LogP contribution >= 0.6 is 0 Å². The molecule has 6 nitrogen and oxygen atoms in total. The molecule has 0 radical (unpaired) electrons. The number of hydrogen-bond donors (Lipinski definition) is 1. The van der Waals surface area contributed by atoms with Crippen LogP contribution in [0.2, 0.25) is 0 Å². The van der Waals surface area contributed by atoms with Crippen LogP contribution in [-0.2, 0) is 22.6 Å². The van der Waals surface area contributed by atoms with Gasteiger partial charge >= 0.3 is 0 Å². The third-order valence-electron chi connectivity index (χ3n) is 4.63. The predicted molar refractivity (Wildman–Crippen MR) is 109 cm³/mol. The zero-order chi connectivity index (χ0) is 19.9. The number of fused-ring (bicyclic) bond motifs is 1. The Kier molecular flexibility index (Phi) is 6.66. The number of benzene rings is 2. The minimum absolute atomic E-state index is 0.0455. The van der Waals surface area contributed by atoms with Crippen molar-refractivity contribution in [3.05, 3.63) is 59.4 Å². The van der Waals surface area contributed by atoms with Crippen LogP contribution in [0.3, 0.4) is 0 Å². The zero-order valence-electron chi connectivity index (χ0n) is 16.7. The van der Waals surface area contributed by atoms with Crippen LogP contribution in [0.15, 0.2) is 42.5 Å². The van der Waals surface area contributed by atoms with Gasteiger partial charge in [0.1, 0.15) is 18.2 Å². The third-order valence-corrected chi connectivity index (χ3v) is 4.63. The topological polar surface area (TPSA) is 65.4 Å². The van der Waals surface area contributed by atoms with Crippen molar-refractivity contribution < 1.29 is 14.3 Å². The summed E-state index contributed by atoms with van der Waals surface area (Å²) in [5.74, 6) is 1.64. The highest BCUT2D eigenvalue weighted by molar-refractivity contribution is 5.78.